The summed E-state index contributed by atoms with van der Waals surface area (Å²) < 4.78 is 40.1. The monoisotopic (exact) mass is 406 g/mol. The molecule has 0 radical (unpaired) electrons. The number of aromatic nitrogens is 3. The van der Waals surface area contributed by atoms with Crippen molar-refractivity contribution in [3.63, 3.8) is 0 Å². The van der Waals surface area contributed by atoms with Crippen molar-refractivity contribution in [3.05, 3.63) is 36.3 Å². The largest absolute Gasteiger partial charge is 0.419 e. The van der Waals surface area contributed by atoms with Crippen LogP contribution >= 0.6 is 0 Å². The van der Waals surface area contributed by atoms with Crippen molar-refractivity contribution in [2.75, 3.05) is 41.9 Å². The molecule has 0 amide bonds. The van der Waals surface area contributed by atoms with Gasteiger partial charge in [0.15, 0.2) is 0 Å². The lowest BCUT2D eigenvalue weighted by Gasteiger charge is -2.40. The molecule has 156 valence electrons. The van der Waals surface area contributed by atoms with Gasteiger partial charge in [0.25, 0.3) is 0 Å². The normalized spacial score (nSPS) is 18.0. The van der Waals surface area contributed by atoms with Gasteiger partial charge in [-0.2, -0.15) is 13.2 Å². The van der Waals surface area contributed by atoms with E-state index in [1.165, 1.54) is 12.3 Å². The van der Waals surface area contributed by atoms with Crippen LogP contribution in [0.25, 0.3) is 0 Å². The van der Waals surface area contributed by atoms with Crippen molar-refractivity contribution < 1.29 is 13.2 Å². The molecular weight excluding hydrogens is 381 g/mol. The Kier molecular flexibility index (Phi) is 5.23. The molecule has 29 heavy (non-hydrogen) atoms. The number of pyridine rings is 1. The minimum absolute atomic E-state index is 0.0355. The zero-order chi connectivity index (χ0) is 20.6. The van der Waals surface area contributed by atoms with Crippen molar-refractivity contribution in [2.45, 2.75) is 43.9 Å². The Morgan fingerprint density at radius 1 is 0.966 bits per heavy atom. The van der Waals surface area contributed by atoms with Crippen LogP contribution in [-0.4, -0.2) is 54.2 Å². The fraction of sp³-hybridized carbons (Fsp3) is 0.550. The molecule has 4 rings (SSSR count). The summed E-state index contributed by atoms with van der Waals surface area (Å²) >= 11 is 0. The summed E-state index contributed by atoms with van der Waals surface area (Å²) in [5.41, 5.74) is -0.663. The van der Waals surface area contributed by atoms with E-state index in [1.54, 1.807) is 11.2 Å². The fourth-order valence-electron chi connectivity index (χ4n) is 3.97. The Morgan fingerprint density at radius 2 is 1.62 bits per heavy atom. The minimum Gasteiger partial charge on any atom is -0.363 e. The molecule has 0 bridgehead atoms. The molecule has 1 aliphatic heterocycles. The Morgan fingerprint density at radius 3 is 2.24 bits per heavy atom. The smallest absolute Gasteiger partial charge is 0.363 e. The van der Waals surface area contributed by atoms with Gasteiger partial charge in [-0.1, -0.05) is 0 Å². The maximum absolute atomic E-state index is 13.4. The minimum atomic E-state index is -4.40. The Balaban J connectivity index is 1.51. The van der Waals surface area contributed by atoms with Crippen molar-refractivity contribution in [2.24, 2.45) is 0 Å². The standard InChI is InChI=1S/C20H25F3N6/c1-27(2)17-12-18(26-13-25-17)29(14-5-6-14)15-7-10-28(11-8-15)19-16(20(21,22)23)4-3-9-24-19/h3-4,9,12-15H,5-8,10-11H2,1-2H3. The van der Waals surface area contributed by atoms with Gasteiger partial charge < -0.3 is 14.7 Å². The van der Waals surface area contributed by atoms with Crippen LogP contribution in [-0.2, 0) is 6.18 Å². The van der Waals surface area contributed by atoms with Gasteiger partial charge in [0.2, 0.25) is 0 Å². The molecule has 2 aliphatic rings. The molecule has 0 unspecified atom stereocenters. The summed E-state index contributed by atoms with van der Waals surface area (Å²) in [6.07, 6.45) is 2.40. The lowest BCUT2D eigenvalue weighted by molar-refractivity contribution is -0.137. The maximum atomic E-state index is 13.4. The summed E-state index contributed by atoms with van der Waals surface area (Å²) in [5.74, 6) is 1.79. The number of halogens is 3. The molecule has 1 aliphatic carbocycles. The van der Waals surface area contributed by atoms with Crippen LogP contribution < -0.4 is 14.7 Å². The molecule has 6 nitrogen and oxygen atoms in total. The molecule has 9 heteroatoms. The van der Waals surface area contributed by atoms with Gasteiger partial charge in [-0.05, 0) is 37.8 Å². The van der Waals surface area contributed by atoms with Crippen LogP contribution in [0.1, 0.15) is 31.2 Å². The van der Waals surface area contributed by atoms with Gasteiger partial charge in [-0.15, -0.1) is 0 Å². The van der Waals surface area contributed by atoms with Gasteiger partial charge in [0, 0.05) is 51.5 Å². The van der Waals surface area contributed by atoms with E-state index >= 15 is 0 Å². The molecule has 0 spiro atoms. The van der Waals surface area contributed by atoms with E-state index in [1.807, 2.05) is 25.1 Å². The highest BCUT2D eigenvalue weighted by atomic mass is 19.4. The lowest BCUT2D eigenvalue weighted by atomic mass is 10.0. The first-order valence-electron chi connectivity index (χ1n) is 9.89. The number of piperidine rings is 1. The quantitative estimate of drug-likeness (QED) is 0.756. The Hall–Kier alpha value is -2.58. The molecule has 1 saturated heterocycles. The van der Waals surface area contributed by atoms with Crippen molar-refractivity contribution in [1.82, 2.24) is 15.0 Å². The van der Waals surface area contributed by atoms with Crippen LogP contribution in [0.2, 0.25) is 0 Å². The van der Waals surface area contributed by atoms with Gasteiger partial charge >= 0.3 is 6.18 Å². The molecular formula is C20H25F3N6. The number of hydrogen-bond donors (Lipinski definition) is 0. The first kappa shape index (κ1) is 19.7. The topological polar surface area (TPSA) is 48.4 Å². The Labute approximate surface area is 168 Å². The molecule has 3 heterocycles. The summed E-state index contributed by atoms with van der Waals surface area (Å²) in [5, 5.41) is 0. The van der Waals surface area contributed by atoms with Gasteiger partial charge in [0.1, 0.15) is 23.8 Å². The average Bonchev–Trinajstić information content (AvgIpc) is 3.53. The number of nitrogens with zero attached hydrogens (tertiary/aromatic N) is 6. The highest BCUT2D eigenvalue weighted by Crippen LogP contribution is 2.39. The molecule has 2 aromatic heterocycles. The number of rotatable bonds is 5. The van der Waals surface area contributed by atoms with Crippen molar-refractivity contribution >= 4 is 17.5 Å². The second-order valence-electron chi connectivity index (χ2n) is 7.86. The third kappa shape index (κ3) is 4.23. The van der Waals surface area contributed by atoms with Crippen LogP contribution in [0, 0.1) is 0 Å². The third-order valence-corrected chi connectivity index (χ3v) is 5.55. The molecule has 2 aromatic rings. The number of hydrogen-bond acceptors (Lipinski definition) is 6. The highest BCUT2D eigenvalue weighted by molar-refractivity contribution is 5.53. The second kappa shape index (κ2) is 7.68. The zero-order valence-electron chi connectivity index (χ0n) is 16.6. The maximum Gasteiger partial charge on any atom is 0.419 e. The van der Waals surface area contributed by atoms with Crippen LogP contribution in [0.4, 0.5) is 30.6 Å². The number of anilines is 3. The van der Waals surface area contributed by atoms with Crippen molar-refractivity contribution in [1.29, 1.82) is 0 Å². The van der Waals surface area contributed by atoms with Gasteiger partial charge in [-0.25, -0.2) is 15.0 Å². The van der Waals surface area contributed by atoms with Crippen LogP contribution in [0.5, 0.6) is 0 Å². The van der Waals surface area contributed by atoms with Crippen molar-refractivity contribution in [3.8, 4) is 0 Å². The van der Waals surface area contributed by atoms with E-state index in [0.717, 1.165) is 43.4 Å². The second-order valence-corrected chi connectivity index (χ2v) is 7.86. The first-order valence-corrected chi connectivity index (χ1v) is 9.89. The van der Waals surface area contributed by atoms with Crippen LogP contribution in [0.15, 0.2) is 30.7 Å². The SMILES string of the molecule is CN(C)c1cc(N(C2CC2)C2CCN(c3ncccc3C(F)(F)F)CC2)ncn1. The van der Waals surface area contributed by atoms with Gasteiger partial charge in [-0.3, -0.25) is 0 Å². The molecule has 0 atom stereocenters. The Bertz CT molecular complexity index is 844. The average molecular weight is 406 g/mol. The van der Waals surface area contributed by atoms with E-state index in [2.05, 4.69) is 19.9 Å². The first-order chi connectivity index (χ1) is 13.8. The summed E-state index contributed by atoms with van der Waals surface area (Å²) in [7, 11) is 3.88. The van der Waals surface area contributed by atoms with E-state index in [-0.39, 0.29) is 11.9 Å². The fourth-order valence-corrected chi connectivity index (χ4v) is 3.97. The van der Waals surface area contributed by atoms with E-state index in [4.69, 9.17) is 0 Å². The summed E-state index contributed by atoms with van der Waals surface area (Å²) in [6.45, 7) is 1.08. The van der Waals surface area contributed by atoms with E-state index in [0.29, 0.717) is 19.1 Å². The highest BCUT2D eigenvalue weighted by Gasteiger charge is 2.39. The predicted molar refractivity (Wildman–Crippen MR) is 106 cm³/mol. The summed E-state index contributed by atoms with van der Waals surface area (Å²) in [6, 6.07) is 5.14. The molecule has 1 saturated carbocycles. The number of alkyl halides is 3. The third-order valence-electron chi connectivity index (χ3n) is 5.55. The molecule has 0 N–H and O–H groups in total. The van der Waals surface area contributed by atoms with Crippen LogP contribution in [0.3, 0.4) is 0 Å². The van der Waals surface area contributed by atoms with Gasteiger partial charge in [0.05, 0.1) is 5.56 Å². The lowest BCUT2D eigenvalue weighted by Crippen LogP contribution is -2.47. The molecule has 2 fully saturated rings. The summed E-state index contributed by atoms with van der Waals surface area (Å²) in [4.78, 5) is 18.9. The molecule has 0 aromatic carbocycles. The van der Waals surface area contributed by atoms with E-state index in [9.17, 15) is 13.2 Å². The van der Waals surface area contributed by atoms with E-state index < -0.39 is 11.7 Å². The predicted octanol–water partition coefficient (Wildman–Crippen LogP) is 3.59. The zero-order valence-corrected chi connectivity index (χ0v) is 16.6.